The van der Waals surface area contributed by atoms with E-state index in [4.69, 9.17) is 5.11 Å². The summed E-state index contributed by atoms with van der Waals surface area (Å²) in [5.41, 5.74) is 1.50. The lowest BCUT2D eigenvalue weighted by atomic mass is 10.1. The van der Waals surface area contributed by atoms with Crippen LogP contribution in [0.4, 0.5) is 0 Å². The van der Waals surface area contributed by atoms with Gasteiger partial charge in [0.2, 0.25) is 0 Å². The second-order valence-corrected chi connectivity index (χ2v) is 3.87. The van der Waals surface area contributed by atoms with Gasteiger partial charge in [0.05, 0.1) is 5.56 Å². The van der Waals surface area contributed by atoms with Gasteiger partial charge in [-0.2, -0.15) is 0 Å². The minimum absolute atomic E-state index is 0.143. The quantitative estimate of drug-likeness (QED) is 0.672. The number of hydrogen-bond acceptors (Lipinski definition) is 3. The van der Waals surface area contributed by atoms with Crippen molar-refractivity contribution in [1.82, 2.24) is 4.98 Å². The molecule has 0 saturated heterocycles. The molecule has 94 valence electrons. The Morgan fingerprint density at radius 2 is 1.79 bits per heavy atom. The molecular formula is C15H11NO3. The van der Waals surface area contributed by atoms with Gasteiger partial charge in [0.15, 0.2) is 5.78 Å². The molecule has 2 aromatic rings. The Labute approximate surface area is 110 Å². The number of nitrogens with zero attached hydrogens (tertiary/aromatic N) is 1. The molecule has 2 rings (SSSR count). The molecule has 0 bridgehead atoms. The van der Waals surface area contributed by atoms with Gasteiger partial charge in [0.25, 0.3) is 0 Å². The van der Waals surface area contributed by atoms with Crippen molar-refractivity contribution in [3.63, 3.8) is 0 Å². The lowest BCUT2D eigenvalue weighted by Gasteiger charge is -1.96. The van der Waals surface area contributed by atoms with E-state index in [1.165, 1.54) is 24.4 Å². The van der Waals surface area contributed by atoms with E-state index in [1.807, 2.05) is 0 Å². The van der Waals surface area contributed by atoms with E-state index >= 15 is 0 Å². The van der Waals surface area contributed by atoms with Crippen LogP contribution in [0, 0.1) is 0 Å². The number of aromatic carboxylic acids is 1. The normalized spacial score (nSPS) is 10.5. The van der Waals surface area contributed by atoms with Gasteiger partial charge in [-0.05, 0) is 35.9 Å². The highest BCUT2D eigenvalue weighted by atomic mass is 16.4. The molecule has 0 aliphatic heterocycles. The van der Waals surface area contributed by atoms with E-state index in [2.05, 4.69) is 4.98 Å². The third-order valence-electron chi connectivity index (χ3n) is 2.53. The molecule has 0 aliphatic rings. The number of carbonyl (C=O) groups is 2. The van der Waals surface area contributed by atoms with Crippen molar-refractivity contribution >= 4 is 17.8 Å². The topological polar surface area (TPSA) is 67.3 Å². The van der Waals surface area contributed by atoms with E-state index < -0.39 is 5.97 Å². The fourth-order valence-electron chi connectivity index (χ4n) is 1.51. The molecule has 0 atom stereocenters. The van der Waals surface area contributed by atoms with Crippen LogP contribution in [0.2, 0.25) is 0 Å². The van der Waals surface area contributed by atoms with Crippen LogP contribution in [0.5, 0.6) is 0 Å². The molecule has 0 amide bonds. The summed E-state index contributed by atoms with van der Waals surface area (Å²) in [5.74, 6) is -1.11. The van der Waals surface area contributed by atoms with Crippen molar-refractivity contribution in [3.05, 3.63) is 71.6 Å². The van der Waals surface area contributed by atoms with Gasteiger partial charge in [-0.3, -0.25) is 9.78 Å². The molecular weight excluding hydrogens is 242 g/mol. The van der Waals surface area contributed by atoms with Crippen LogP contribution in [-0.4, -0.2) is 21.8 Å². The zero-order valence-electron chi connectivity index (χ0n) is 9.98. The maximum absolute atomic E-state index is 11.8. The number of carbonyl (C=O) groups excluding carboxylic acids is 1. The lowest BCUT2D eigenvalue weighted by molar-refractivity contribution is 0.0696. The third kappa shape index (κ3) is 3.35. The summed E-state index contributed by atoms with van der Waals surface area (Å²) in [5, 5.41) is 8.76. The minimum Gasteiger partial charge on any atom is -0.478 e. The third-order valence-corrected chi connectivity index (χ3v) is 2.53. The Morgan fingerprint density at radius 1 is 1.05 bits per heavy atom. The molecule has 1 N–H and O–H groups in total. The average Bonchev–Trinajstić information content (AvgIpc) is 2.46. The Bertz CT molecular complexity index is 616. The van der Waals surface area contributed by atoms with Gasteiger partial charge in [-0.1, -0.05) is 18.2 Å². The van der Waals surface area contributed by atoms with Gasteiger partial charge in [-0.25, -0.2) is 4.79 Å². The molecule has 0 fully saturated rings. The Hall–Kier alpha value is -2.75. The number of hydrogen-bond donors (Lipinski definition) is 1. The predicted molar refractivity (Wildman–Crippen MR) is 71.0 cm³/mol. The first-order chi connectivity index (χ1) is 9.16. The molecule has 1 aromatic carbocycles. The van der Waals surface area contributed by atoms with Crippen LogP contribution in [-0.2, 0) is 0 Å². The molecule has 4 nitrogen and oxygen atoms in total. The van der Waals surface area contributed by atoms with E-state index in [-0.39, 0.29) is 11.3 Å². The largest absolute Gasteiger partial charge is 0.478 e. The van der Waals surface area contributed by atoms with E-state index in [1.54, 1.807) is 36.5 Å². The summed E-state index contributed by atoms with van der Waals surface area (Å²) in [6.45, 7) is 0. The van der Waals surface area contributed by atoms with Crippen molar-refractivity contribution in [2.75, 3.05) is 0 Å². The second kappa shape index (κ2) is 5.73. The number of benzene rings is 1. The fourth-order valence-corrected chi connectivity index (χ4v) is 1.51. The van der Waals surface area contributed by atoms with Crippen LogP contribution in [0.1, 0.15) is 26.3 Å². The number of allylic oxidation sites excluding steroid dienone is 1. The standard InChI is InChI=1S/C15H11NO3/c17-14(13-2-1-9-16-10-13)8-5-11-3-6-12(7-4-11)15(18)19/h1-10H,(H,18,19)/b8-5+. The second-order valence-electron chi connectivity index (χ2n) is 3.87. The van der Waals surface area contributed by atoms with Crippen molar-refractivity contribution in [2.45, 2.75) is 0 Å². The molecule has 0 radical (unpaired) electrons. The highest BCUT2D eigenvalue weighted by Gasteiger charge is 2.02. The maximum Gasteiger partial charge on any atom is 0.335 e. The van der Waals surface area contributed by atoms with Crippen LogP contribution < -0.4 is 0 Å². The summed E-state index contributed by atoms with van der Waals surface area (Å²) >= 11 is 0. The minimum atomic E-state index is -0.970. The summed E-state index contributed by atoms with van der Waals surface area (Å²) in [4.78, 5) is 26.3. The van der Waals surface area contributed by atoms with E-state index in [0.717, 1.165) is 5.56 Å². The van der Waals surface area contributed by atoms with Crippen molar-refractivity contribution < 1.29 is 14.7 Å². The molecule has 0 spiro atoms. The Morgan fingerprint density at radius 3 is 2.37 bits per heavy atom. The zero-order valence-corrected chi connectivity index (χ0v) is 9.98. The van der Waals surface area contributed by atoms with Gasteiger partial charge in [0, 0.05) is 18.0 Å². The van der Waals surface area contributed by atoms with Gasteiger partial charge in [0.1, 0.15) is 0 Å². The number of carboxylic acid groups (broad SMARTS) is 1. The first-order valence-electron chi connectivity index (χ1n) is 5.62. The van der Waals surface area contributed by atoms with Crippen LogP contribution in [0.25, 0.3) is 6.08 Å². The maximum atomic E-state index is 11.8. The molecule has 19 heavy (non-hydrogen) atoms. The molecule has 4 heteroatoms. The number of pyridine rings is 1. The SMILES string of the molecule is O=C(O)c1ccc(/C=C/C(=O)c2cccnc2)cc1. The highest BCUT2D eigenvalue weighted by Crippen LogP contribution is 2.07. The van der Waals surface area contributed by atoms with Gasteiger partial charge < -0.3 is 5.11 Å². The van der Waals surface area contributed by atoms with E-state index in [9.17, 15) is 9.59 Å². The van der Waals surface area contributed by atoms with Crippen molar-refractivity contribution in [2.24, 2.45) is 0 Å². The van der Waals surface area contributed by atoms with Crippen molar-refractivity contribution in [3.8, 4) is 0 Å². The van der Waals surface area contributed by atoms with Gasteiger partial charge >= 0.3 is 5.97 Å². The Balaban J connectivity index is 2.10. The van der Waals surface area contributed by atoms with Crippen LogP contribution >= 0.6 is 0 Å². The monoisotopic (exact) mass is 253 g/mol. The summed E-state index contributed by atoms with van der Waals surface area (Å²) < 4.78 is 0. The fraction of sp³-hybridized carbons (Fsp3) is 0. The number of rotatable bonds is 4. The lowest BCUT2D eigenvalue weighted by Crippen LogP contribution is -1.95. The number of ketones is 1. The first-order valence-corrected chi connectivity index (χ1v) is 5.62. The van der Waals surface area contributed by atoms with Gasteiger partial charge in [-0.15, -0.1) is 0 Å². The zero-order chi connectivity index (χ0) is 13.7. The van der Waals surface area contributed by atoms with Crippen LogP contribution in [0.3, 0.4) is 0 Å². The molecule has 0 unspecified atom stereocenters. The average molecular weight is 253 g/mol. The molecule has 0 aliphatic carbocycles. The molecule has 0 saturated carbocycles. The molecule has 1 aromatic heterocycles. The Kier molecular flexibility index (Phi) is 3.83. The summed E-state index contributed by atoms with van der Waals surface area (Å²) in [7, 11) is 0. The summed E-state index contributed by atoms with van der Waals surface area (Å²) in [6.07, 6.45) is 6.18. The highest BCUT2D eigenvalue weighted by molar-refractivity contribution is 6.06. The smallest absolute Gasteiger partial charge is 0.335 e. The molecule has 1 heterocycles. The number of aromatic nitrogens is 1. The first kappa shape index (κ1) is 12.7. The van der Waals surface area contributed by atoms with Crippen LogP contribution in [0.15, 0.2) is 54.9 Å². The predicted octanol–water partition coefficient (Wildman–Crippen LogP) is 2.68. The van der Waals surface area contributed by atoms with Crippen molar-refractivity contribution in [1.29, 1.82) is 0 Å². The van der Waals surface area contributed by atoms with E-state index in [0.29, 0.717) is 5.56 Å². The number of carboxylic acids is 1. The summed E-state index contributed by atoms with van der Waals surface area (Å²) in [6, 6.07) is 9.68.